The van der Waals surface area contributed by atoms with Crippen molar-refractivity contribution in [3.05, 3.63) is 45.5 Å². The van der Waals surface area contributed by atoms with Gasteiger partial charge in [-0.15, -0.1) is 0 Å². The second-order valence-corrected chi connectivity index (χ2v) is 5.44. The number of nitrogens with one attached hydrogen (secondary N) is 1. The van der Waals surface area contributed by atoms with E-state index in [1.165, 1.54) is 6.07 Å². The smallest absolute Gasteiger partial charge is 0.231 e. The van der Waals surface area contributed by atoms with Gasteiger partial charge < -0.3 is 5.32 Å². The van der Waals surface area contributed by atoms with E-state index in [1.54, 1.807) is 13.8 Å². The summed E-state index contributed by atoms with van der Waals surface area (Å²) in [4.78, 5) is 21.9. The van der Waals surface area contributed by atoms with Crippen LogP contribution in [0.15, 0.2) is 18.2 Å². The molecule has 1 fully saturated rings. The maximum atomic E-state index is 13.2. The number of halogens is 2. The van der Waals surface area contributed by atoms with Gasteiger partial charge in [0.15, 0.2) is 11.6 Å². The van der Waals surface area contributed by atoms with Gasteiger partial charge in [-0.05, 0) is 31.5 Å². The molecule has 5 nitrogen and oxygen atoms in total. The quantitative estimate of drug-likeness (QED) is 0.678. The molecule has 0 aromatic heterocycles. The van der Waals surface area contributed by atoms with E-state index in [4.69, 9.17) is 0 Å². The van der Waals surface area contributed by atoms with Crippen molar-refractivity contribution < 1.29 is 18.5 Å². The fraction of sp³-hybridized carbons (Fsp3) is 0.462. The molecule has 2 atom stereocenters. The Morgan fingerprint density at radius 2 is 2.05 bits per heavy atom. The van der Waals surface area contributed by atoms with E-state index in [0.29, 0.717) is 5.56 Å². The Kier molecular flexibility index (Phi) is 3.45. The fourth-order valence-electron chi connectivity index (χ4n) is 2.05. The zero-order valence-corrected chi connectivity index (χ0v) is 11.0. The first-order valence-corrected chi connectivity index (χ1v) is 6.13. The number of nitro groups is 1. The summed E-state index contributed by atoms with van der Waals surface area (Å²) in [6, 6.07) is 2.52. The Morgan fingerprint density at radius 3 is 2.55 bits per heavy atom. The van der Waals surface area contributed by atoms with Crippen molar-refractivity contribution in [1.29, 1.82) is 0 Å². The van der Waals surface area contributed by atoms with Crippen LogP contribution in [-0.2, 0) is 10.3 Å². The van der Waals surface area contributed by atoms with Crippen LogP contribution in [-0.4, -0.2) is 16.9 Å². The molecule has 1 saturated carbocycles. The van der Waals surface area contributed by atoms with Crippen molar-refractivity contribution in [3.8, 4) is 0 Å². The molecule has 0 heterocycles. The molecule has 2 rings (SSSR count). The standard InChI is InChI=1S/C13H14F2N2O3/c1-13(2,7-3-4-9(14)10(15)5-7)16-12(18)8-6-11(8)17(19)20/h3-5,8,11H,6H2,1-2H3,(H,16,18)/t8-,11+/m0/s1. The monoisotopic (exact) mass is 284 g/mol. The summed E-state index contributed by atoms with van der Waals surface area (Å²) in [5.74, 6) is -3.05. The highest BCUT2D eigenvalue weighted by molar-refractivity contribution is 5.82. The van der Waals surface area contributed by atoms with Crippen LogP contribution in [0.25, 0.3) is 0 Å². The zero-order valence-electron chi connectivity index (χ0n) is 11.0. The van der Waals surface area contributed by atoms with Crippen molar-refractivity contribution in [2.75, 3.05) is 0 Å². The molecule has 1 aromatic carbocycles. The van der Waals surface area contributed by atoms with Crippen LogP contribution in [0.2, 0.25) is 0 Å². The summed E-state index contributed by atoms with van der Waals surface area (Å²) in [5.41, 5.74) is -0.543. The average molecular weight is 284 g/mol. The predicted octanol–water partition coefficient (Wildman–Crippen LogP) is 1.98. The number of carbonyl (C=O) groups is 1. The Labute approximate surface area is 114 Å². The number of nitrogens with zero attached hydrogens (tertiary/aromatic N) is 1. The average Bonchev–Trinajstić information content (AvgIpc) is 3.12. The molecule has 7 heteroatoms. The third-order valence-corrected chi connectivity index (χ3v) is 3.44. The van der Waals surface area contributed by atoms with Gasteiger partial charge in [0.1, 0.15) is 5.92 Å². The molecule has 108 valence electrons. The molecule has 1 aliphatic carbocycles. The van der Waals surface area contributed by atoms with Gasteiger partial charge in [0.25, 0.3) is 0 Å². The normalized spacial score (nSPS) is 21.4. The van der Waals surface area contributed by atoms with E-state index < -0.39 is 40.0 Å². The molecule has 20 heavy (non-hydrogen) atoms. The van der Waals surface area contributed by atoms with Gasteiger partial charge in [0.2, 0.25) is 11.9 Å². The summed E-state index contributed by atoms with van der Waals surface area (Å²) in [6.07, 6.45) is 0.215. The summed E-state index contributed by atoms with van der Waals surface area (Å²) < 4.78 is 26.1. The van der Waals surface area contributed by atoms with Crippen molar-refractivity contribution in [1.82, 2.24) is 5.32 Å². The van der Waals surface area contributed by atoms with Crippen molar-refractivity contribution >= 4 is 5.91 Å². The summed E-state index contributed by atoms with van der Waals surface area (Å²) in [7, 11) is 0. The third kappa shape index (κ3) is 2.76. The lowest BCUT2D eigenvalue weighted by atomic mass is 9.94. The lowest BCUT2D eigenvalue weighted by molar-refractivity contribution is -0.497. The van der Waals surface area contributed by atoms with Crippen LogP contribution in [0, 0.1) is 27.7 Å². The first kappa shape index (κ1) is 14.4. The van der Waals surface area contributed by atoms with Gasteiger partial charge in [-0.3, -0.25) is 14.9 Å². The minimum absolute atomic E-state index is 0.215. The minimum atomic E-state index is -1.00. The van der Waals surface area contributed by atoms with Gasteiger partial charge in [-0.1, -0.05) is 6.07 Å². The minimum Gasteiger partial charge on any atom is -0.347 e. The molecular formula is C13H14F2N2O3. The first-order valence-electron chi connectivity index (χ1n) is 6.13. The van der Waals surface area contributed by atoms with Crippen molar-refractivity contribution in [2.45, 2.75) is 31.8 Å². The van der Waals surface area contributed by atoms with Crippen molar-refractivity contribution in [2.24, 2.45) is 5.92 Å². The number of rotatable bonds is 4. The van der Waals surface area contributed by atoms with Gasteiger partial charge >= 0.3 is 0 Å². The van der Waals surface area contributed by atoms with Crippen LogP contribution in [0.1, 0.15) is 25.8 Å². The van der Waals surface area contributed by atoms with Crippen LogP contribution in [0.5, 0.6) is 0 Å². The van der Waals surface area contributed by atoms with E-state index in [-0.39, 0.29) is 6.42 Å². The highest BCUT2D eigenvalue weighted by Crippen LogP contribution is 2.34. The molecule has 0 bridgehead atoms. The van der Waals surface area contributed by atoms with E-state index in [0.717, 1.165) is 12.1 Å². The molecule has 0 radical (unpaired) electrons. The van der Waals surface area contributed by atoms with Gasteiger partial charge in [0, 0.05) is 11.3 Å². The molecule has 0 aliphatic heterocycles. The number of benzene rings is 1. The maximum absolute atomic E-state index is 13.2. The highest BCUT2D eigenvalue weighted by atomic mass is 19.2. The lowest BCUT2D eigenvalue weighted by Crippen LogP contribution is -2.42. The van der Waals surface area contributed by atoms with E-state index in [9.17, 15) is 23.7 Å². The molecule has 1 aromatic rings. The summed E-state index contributed by atoms with van der Waals surface area (Å²) >= 11 is 0. The molecule has 0 unspecified atom stereocenters. The molecule has 1 aliphatic rings. The van der Waals surface area contributed by atoms with Crippen LogP contribution < -0.4 is 5.32 Å². The first-order chi connectivity index (χ1) is 9.22. The second-order valence-electron chi connectivity index (χ2n) is 5.44. The molecule has 0 spiro atoms. The second kappa shape index (κ2) is 4.81. The number of carbonyl (C=O) groups excluding carboxylic acids is 1. The third-order valence-electron chi connectivity index (χ3n) is 3.44. The Balaban J connectivity index is 2.09. The number of amides is 1. The van der Waals surface area contributed by atoms with E-state index >= 15 is 0 Å². The van der Waals surface area contributed by atoms with Gasteiger partial charge in [-0.2, -0.15) is 0 Å². The van der Waals surface area contributed by atoms with E-state index in [2.05, 4.69) is 5.32 Å². The van der Waals surface area contributed by atoms with Crippen molar-refractivity contribution in [3.63, 3.8) is 0 Å². The van der Waals surface area contributed by atoms with Gasteiger partial charge in [-0.25, -0.2) is 8.78 Å². The number of hydrogen-bond donors (Lipinski definition) is 1. The number of hydrogen-bond acceptors (Lipinski definition) is 3. The Morgan fingerprint density at radius 1 is 1.40 bits per heavy atom. The van der Waals surface area contributed by atoms with Crippen LogP contribution in [0.3, 0.4) is 0 Å². The largest absolute Gasteiger partial charge is 0.347 e. The molecule has 1 N–H and O–H groups in total. The van der Waals surface area contributed by atoms with Crippen LogP contribution in [0.4, 0.5) is 8.78 Å². The summed E-state index contributed by atoms with van der Waals surface area (Å²) in [6.45, 7) is 3.25. The van der Waals surface area contributed by atoms with Gasteiger partial charge in [0.05, 0.1) is 5.54 Å². The molecule has 1 amide bonds. The molecule has 0 saturated heterocycles. The Hall–Kier alpha value is -2.05. The van der Waals surface area contributed by atoms with E-state index in [1.807, 2.05) is 0 Å². The maximum Gasteiger partial charge on any atom is 0.231 e. The lowest BCUT2D eigenvalue weighted by Gasteiger charge is -2.27. The predicted molar refractivity (Wildman–Crippen MR) is 66.4 cm³/mol. The zero-order chi connectivity index (χ0) is 15.1. The SMILES string of the molecule is CC(C)(NC(=O)[C@H]1C[C@H]1[N+](=O)[O-])c1ccc(F)c(F)c1. The Bertz CT molecular complexity index is 575. The van der Waals surface area contributed by atoms with Crippen LogP contribution >= 0.6 is 0 Å². The fourth-order valence-corrected chi connectivity index (χ4v) is 2.05. The molecular weight excluding hydrogens is 270 g/mol. The topological polar surface area (TPSA) is 72.2 Å². The summed E-state index contributed by atoms with van der Waals surface area (Å²) in [5, 5.41) is 13.2. The highest BCUT2D eigenvalue weighted by Gasteiger charge is 2.54.